The van der Waals surface area contributed by atoms with Gasteiger partial charge in [0.25, 0.3) is 0 Å². The Morgan fingerprint density at radius 1 is 1.63 bits per heavy atom. The summed E-state index contributed by atoms with van der Waals surface area (Å²) in [5, 5.41) is 11.3. The minimum absolute atomic E-state index is 0.0860. The Hall–Kier alpha value is -2.09. The first-order valence-corrected chi connectivity index (χ1v) is 5.65. The molecular weight excluding hydrogens is 252 g/mol. The Morgan fingerprint density at radius 3 is 2.79 bits per heavy atom. The number of hydrogen-bond acceptors (Lipinski definition) is 4. The number of aromatic nitrogens is 2. The van der Waals surface area contributed by atoms with Crippen LogP contribution in [-0.4, -0.2) is 58.4 Å². The molecule has 1 aromatic heterocycles. The number of carbonyl (C=O) groups is 2. The van der Waals surface area contributed by atoms with Gasteiger partial charge in [0, 0.05) is 33.6 Å². The van der Waals surface area contributed by atoms with E-state index in [-0.39, 0.29) is 13.2 Å². The van der Waals surface area contributed by atoms with Crippen molar-refractivity contribution in [3.8, 4) is 0 Å². The molecule has 106 valence electrons. The highest BCUT2D eigenvalue weighted by atomic mass is 16.5. The summed E-state index contributed by atoms with van der Waals surface area (Å²) in [6.07, 6.45) is 3.40. The molecule has 0 bridgehead atoms. The first-order valence-electron chi connectivity index (χ1n) is 5.65. The lowest BCUT2D eigenvalue weighted by Crippen LogP contribution is -2.48. The van der Waals surface area contributed by atoms with Gasteiger partial charge in [-0.25, -0.2) is 14.6 Å². The second-order valence-electron chi connectivity index (χ2n) is 4.11. The molecule has 1 heterocycles. The van der Waals surface area contributed by atoms with Gasteiger partial charge in [-0.3, -0.25) is 0 Å². The summed E-state index contributed by atoms with van der Waals surface area (Å²) < 4.78 is 6.53. The van der Waals surface area contributed by atoms with Gasteiger partial charge in [0.15, 0.2) is 6.04 Å². The van der Waals surface area contributed by atoms with Crippen LogP contribution in [0.4, 0.5) is 4.79 Å². The van der Waals surface area contributed by atoms with Gasteiger partial charge in [0.2, 0.25) is 0 Å². The maximum Gasteiger partial charge on any atom is 0.328 e. The van der Waals surface area contributed by atoms with Crippen LogP contribution in [0.25, 0.3) is 0 Å². The fraction of sp³-hybridized carbons (Fsp3) is 0.545. The molecule has 0 aliphatic carbocycles. The number of carboxylic acid groups (broad SMARTS) is 1. The van der Waals surface area contributed by atoms with Crippen LogP contribution in [-0.2, 0) is 23.1 Å². The van der Waals surface area contributed by atoms with Crippen molar-refractivity contribution in [2.24, 2.45) is 7.05 Å². The van der Waals surface area contributed by atoms with Gasteiger partial charge in [0.1, 0.15) is 5.82 Å². The van der Waals surface area contributed by atoms with Gasteiger partial charge in [-0.2, -0.15) is 0 Å². The molecule has 1 rings (SSSR count). The van der Waals surface area contributed by atoms with Gasteiger partial charge >= 0.3 is 12.0 Å². The third-order valence-corrected chi connectivity index (χ3v) is 2.58. The van der Waals surface area contributed by atoms with Crippen molar-refractivity contribution in [1.82, 2.24) is 19.8 Å². The monoisotopic (exact) mass is 270 g/mol. The number of imidazole rings is 1. The molecule has 19 heavy (non-hydrogen) atoms. The molecule has 8 heteroatoms. The van der Waals surface area contributed by atoms with E-state index in [1.54, 1.807) is 24.0 Å². The molecule has 1 atom stereocenters. The van der Waals surface area contributed by atoms with Crippen LogP contribution in [0.2, 0.25) is 0 Å². The number of methoxy groups -OCH3 is 1. The Labute approximate surface area is 111 Å². The number of hydrogen-bond donors (Lipinski definition) is 2. The maximum absolute atomic E-state index is 11.8. The highest BCUT2D eigenvalue weighted by Crippen LogP contribution is 2.00. The van der Waals surface area contributed by atoms with Gasteiger partial charge in [-0.1, -0.05) is 0 Å². The van der Waals surface area contributed by atoms with E-state index in [4.69, 9.17) is 9.84 Å². The zero-order valence-corrected chi connectivity index (χ0v) is 11.2. The molecule has 0 fully saturated rings. The highest BCUT2D eigenvalue weighted by Gasteiger charge is 2.22. The smallest absolute Gasteiger partial charge is 0.328 e. The Balaban J connectivity index is 2.57. The summed E-state index contributed by atoms with van der Waals surface area (Å²) in [4.78, 5) is 28.2. The summed E-state index contributed by atoms with van der Waals surface area (Å²) in [6.45, 7) is 0.200. The zero-order valence-electron chi connectivity index (χ0n) is 11.2. The van der Waals surface area contributed by atoms with Crippen molar-refractivity contribution in [1.29, 1.82) is 0 Å². The number of amides is 2. The lowest BCUT2D eigenvalue weighted by Gasteiger charge is -2.20. The van der Waals surface area contributed by atoms with Crippen LogP contribution in [0.3, 0.4) is 0 Å². The summed E-state index contributed by atoms with van der Waals surface area (Å²) in [5.41, 5.74) is 0. The number of carbonyl (C=O) groups excluding carboxylic acids is 1. The predicted molar refractivity (Wildman–Crippen MR) is 66.5 cm³/mol. The minimum atomic E-state index is -1.14. The molecule has 2 amide bonds. The topological polar surface area (TPSA) is 96.7 Å². The molecule has 8 nitrogen and oxygen atoms in total. The van der Waals surface area contributed by atoms with Gasteiger partial charge in [-0.05, 0) is 0 Å². The second kappa shape index (κ2) is 6.74. The third kappa shape index (κ3) is 4.25. The quantitative estimate of drug-likeness (QED) is 0.737. The van der Waals surface area contributed by atoms with Crippen LogP contribution in [0.5, 0.6) is 0 Å². The molecule has 0 aliphatic heterocycles. The van der Waals surface area contributed by atoms with Crippen LogP contribution in [0.1, 0.15) is 5.82 Å². The SMILES string of the molecule is COCC(NC(=O)N(C)Cc1nccn1C)C(=O)O. The van der Waals surface area contributed by atoms with E-state index < -0.39 is 18.0 Å². The van der Waals surface area contributed by atoms with E-state index >= 15 is 0 Å². The first kappa shape index (κ1) is 15.0. The fourth-order valence-electron chi connectivity index (χ4n) is 1.43. The van der Waals surface area contributed by atoms with Crippen LogP contribution < -0.4 is 5.32 Å². The van der Waals surface area contributed by atoms with E-state index in [0.717, 1.165) is 0 Å². The van der Waals surface area contributed by atoms with E-state index in [0.29, 0.717) is 5.82 Å². The Kier molecular flexibility index (Phi) is 5.31. The average Bonchev–Trinajstić information content (AvgIpc) is 2.74. The van der Waals surface area contributed by atoms with Crippen molar-refractivity contribution >= 4 is 12.0 Å². The molecule has 0 aromatic carbocycles. The molecule has 1 aromatic rings. The van der Waals surface area contributed by atoms with E-state index in [1.165, 1.54) is 12.0 Å². The molecule has 0 radical (unpaired) electrons. The average molecular weight is 270 g/mol. The summed E-state index contributed by atoms with van der Waals surface area (Å²) >= 11 is 0. The highest BCUT2D eigenvalue weighted by molar-refractivity contribution is 5.82. The normalized spacial score (nSPS) is 11.9. The standard InChI is InChI=1S/C11H18N4O4/c1-14-5-4-12-9(14)6-15(2)11(18)13-8(7-19-3)10(16)17/h4-5,8H,6-7H2,1-3H3,(H,13,18)(H,16,17). The number of aliphatic carboxylic acids is 1. The summed E-state index contributed by atoms with van der Waals surface area (Å²) in [6, 6.07) is -1.56. The van der Waals surface area contributed by atoms with Crippen molar-refractivity contribution in [3.63, 3.8) is 0 Å². The maximum atomic E-state index is 11.8. The largest absolute Gasteiger partial charge is 0.480 e. The molecule has 0 saturated heterocycles. The number of nitrogens with zero attached hydrogens (tertiary/aromatic N) is 3. The fourth-order valence-corrected chi connectivity index (χ4v) is 1.43. The third-order valence-electron chi connectivity index (χ3n) is 2.58. The molecule has 0 spiro atoms. The van der Waals surface area contributed by atoms with Crippen LogP contribution in [0.15, 0.2) is 12.4 Å². The van der Waals surface area contributed by atoms with E-state index in [1.807, 2.05) is 7.05 Å². The molecule has 1 unspecified atom stereocenters. The van der Waals surface area contributed by atoms with Crippen molar-refractivity contribution in [2.75, 3.05) is 20.8 Å². The van der Waals surface area contributed by atoms with Crippen LogP contribution in [0, 0.1) is 0 Å². The minimum Gasteiger partial charge on any atom is -0.480 e. The van der Waals surface area contributed by atoms with Crippen LogP contribution >= 0.6 is 0 Å². The predicted octanol–water partition coefficient (Wildman–Crippen LogP) is -0.339. The van der Waals surface area contributed by atoms with Crippen molar-refractivity contribution in [3.05, 3.63) is 18.2 Å². The number of ether oxygens (including phenoxy) is 1. The van der Waals surface area contributed by atoms with Crippen molar-refractivity contribution < 1.29 is 19.4 Å². The molecule has 2 N–H and O–H groups in total. The lowest BCUT2D eigenvalue weighted by molar-refractivity contribution is -0.140. The lowest BCUT2D eigenvalue weighted by atomic mass is 10.3. The molecular formula is C11H18N4O4. The number of rotatable bonds is 6. The number of aryl methyl sites for hydroxylation is 1. The second-order valence-corrected chi connectivity index (χ2v) is 4.11. The van der Waals surface area contributed by atoms with E-state index in [9.17, 15) is 9.59 Å². The van der Waals surface area contributed by atoms with Gasteiger partial charge in [-0.15, -0.1) is 0 Å². The zero-order chi connectivity index (χ0) is 14.4. The number of nitrogens with one attached hydrogen (secondary N) is 1. The molecule has 0 saturated carbocycles. The summed E-state index contributed by atoms with van der Waals surface area (Å²) in [7, 11) is 4.76. The first-order chi connectivity index (χ1) is 8.95. The summed E-state index contributed by atoms with van der Waals surface area (Å²) in [5.74, 6) is -0.433. The van der Waals surface area contributed by atoms with Gasteiger partial charge in [0.05, 0.1) is 13.2 Å². The Bertz CT molecular complexity index is 446. The van der Waals surface area contributed by atoms with Crippen molar-refractivity contribution in [2.45, 2.75) is 12.6 Å². The molecule has 0 aliphatic rings. The Morgan fingerprint density at radius 2 is 2.32 bits per heavy atom. The number of carboxylic acids is 1. The number of urea groups is 1. The van der Waals surface area contributed by atoms with E-state index in [2.05, 4.69) is 10.3 Å². The van der Waals surface area contributed by atoms with Gasteiger partial charge < -0.3 is 24.6 Å².